The number of methoxy groups -OCH3 is 2. The molecule has 0 bridgehead atoms. The van der Waals surface area contributed by atoms with Crippen LogP contribution in [0.1, 0.15) is 28.4 Å². The van der Waals surface area contributed by atoms with Crippen LogP contribution in [0.2, 0.25) is 0 Å². The van der Waals surface area contributed by atoms with E-state index in [-0.39, 0.29) is 5.78 Å². The topological polar surface area (TPSA) is 44.8 Å². The highest BCUT2D eigenvalue weighted by Gasteiger charge is 2.10. The number of benzene rings is 2. The number of ether oxygens (including phenoxy) is 3. The van der Waals surface area contributed by atoms with Crippen LogP contribution in [0.5, 0.6) is 17.2 Å². The third-order valence-electron chi connectivity index (χ3n) is 3.54. The summed E-state index contributed by atoms with van der Waals surface area (Å²) in [5.74, 6) is 1.79. The Bertz CT molecular complexity index is 747. The summed E-state index contributed by atoms with van der Waals surface area (Å²) in [5.41, 5.74) is 2.44. The van der Waals surface area contributed by atoms with Crippen LogP contribution in [0, 0.1) is 6.92 Å². The number of hydrogen-bond donors (Lipinski definition) is 0. The second-order valence-corrected chi connectivity index (χ2v) is 5.24. The average molecular weight is 326 g/mol. The molecule has 0 fully saturated rings. The quantitative estimate of drug-likeness (QED) is 0.562. The summed E-state index contributed by atoms with van der Waals surface area (Å²) in [6, 6.07) is 11.1. The van der Waals surface area contributed by atoms with Crippen molar-refractivity contribution in [3.05, 3.63) is 59.2 Å². The molecule has 4 nitrogen and oxygen atoms in total. The predicted octanol–water partition coefficient (Wildman–Crippen LogP) is 4.31. The lowest BCUT2D eigenvalue weighted by molar-refractivity contribution is 0.104. The standard InChI is InChI=1S/C20H22O4/c1-5-24-18-11-8-15(13-20(18)23-4)7-10-17(21)16-9-6-14(2)12-19(16)22-3/h6-13H,5H2,1-4H3/b10-7+. The molecule has 0 unspecified atom stereocenters. The van der Waals surface area contributed by atoms with Crippen molar-refractivity contribution >= 4 is 11.9 Å². The van der Waals surface area contributed by atoms with E-state index in [0.29, 0.717) is 29.4 Å². The molecular formula is C20H22O4. The summed E-state index contributed by atoms with van der Waals surface area (Å²) in [4.78, 5) is 12.4. The van der Waals surface area contributed by atoms with E-state index in [1.807, 2.05) is 44.2 Å². The first-order valence-electron chi connectivity index (χ1n) is 7.77. The molecule has 0 N–H and O–H groups in total. The van der Waals surface area contributed by atoms with E-state index in [1.54, 1.807) is 26.4 Å². The summed E-state index contributed by atoms with van der Waals surface area (Å²) < 4.78 is 16.1. The monoisotopic (exact) mass is 326 g/mol. The third-order valence-corrected chi connectivity index (χ3v) is 3.54. The number of carbonyl (C=O) groups excluding carboxylic acids is 1. The molecule has 0 aliphatic rings. The van der Waals surface area contributed by atoms with Gasteiger partial charge in [0.05, 0.1) is 26.4 Å². The molecule has 126 valence electrons. The maximum atomic E-state index is 12.4. The summed E-state index contributed by atoms with van der Waals surface area (Å²) in [7, 11) is 3.15. The molecule has 2 aromatic rings. The first-order valence-corrected chi connectivity index (χ1v) is 7.77. The van der Waals surface area contributed by atoms with Crippen molar-refractivity contribution in [2.45, 2.75) is 13.8 Å². The Balaban J connectivity index is 2.23. The second-order valence-electron chi connectivity index (χ2n) is 5.24. The highest BCUT2D eigenvalue weighted by atomic mass is 16.5. The normalized spacial score (nSPS) is 10.7. The Kier molecular flexibility index (Phi) is 6.01. The van der Waals surface area contributed by atoms with Crippen molar-refractivity contribution in [2.75, 3.05) is 20.8 Å². The molecule has 0 amide bonds. The van der Waals surface area contributed by atoms with Crippen molar-refractivity contribution in [2.24, 2.45) is 0 Å². The highest BCUT2D eigenvalue weighted by Crippen LogP contribution is 2.28. The lowest BCUT2D eigenvalue weighted by Crippen LogP contribution is -1.99. The Hall–Kier alpha value is -2.75. The minimum Gasteiger partial charge on any atom is -0.496 e. The van der Waals surface area contributed by atoms with E-state index in [2.05, 4.69) is 0 Å². The van der Waals surface area contributed by atoms with Crippen LogP contribution in [-0.4, -0.2) is 26.6 Å². The molecule has 0 saturated carbocycles. The van der Waals surface area contributed by atoms with Gasteiger partial charge in [-0.3, -0.25) is 4.79 Å². The van der Waals surface area contributed by atoms with Crippen LogP contribution in [0.3, 0.4) is 0 Å². The van der Waals surface area contributed by atoms with Gasteiger partial charge in [0.1, 0.15) is 5.75 Å². The van der Waals surface area contributed by atoms with E-state index >= 15 is 0 Å². The van der Waals surface area contributed by atoms with Gasteiger partial charge in [-0.1, -0.05) is 18.2 Å². The van der Waals surface area contributed by atoms with E-state index in [0.717, 1.165) is 11.1 Å². The Morgan fingerprint density at radius 3 is 2.42 bits per heavy atom. The summed E-state index contributed by atoms with van der Waals surface area (Å²) in [6.45, 7) is 4.44. The minimum absolute atomic E-state index is 0.111. The van der Waals surface area contributed by atoms with Crippen LogP contribution in [0.4, 0.5) is 0 Å². The van der Waals surface area contributed by atoms with Crippen molar-refractivity contribution in [1.29, 1.82) is 0 Å². The van der Waals surface area contributed by atoms with Crippen LogP contribution in [0.25, 0.3) is 6.08 Å². The molecule has 0 aliphatic heterocycles. The number of allylic oxidation sites excluding steroid dienone is 1. The summed E-state index contributed by atoms with van der Waals surface area (Å²) >= 11 is 0. The van der Waals surface area contributed by atoms with Gasteiger partial charge in [0.15, 0.2) is 17.3 Å². The van der Waals surface area contributed by atoms with Gasteiger partial charge in [0.2, 0.25) is 0 Å². The molecule has 0 atom stereocenters. The van der Waals surface area contributed by atoms with E-state index in [4.69, 9.17) is 14.2 Å². The Labute approximate surface area is 142 Å². The largest absolute Gasteiger partial charge is 0.496 e. The van der Waals surface area contributed by atoms with Crippen molar-refractivity contribution in [3.8, 4) is 17.2 Å². The fraction of sp³-hybridized carbons (Fsp3) is 0.250. The fourth-order valence-electron chi connectivity index (χ4n) is 2.33. The van der Waals surface area contributed by atoms with Crippen molar-refractivity contribution in [1.82, 2.24) is 0 Å². The van der Waals surface area contributed by atoms with E-state index in [1.165, 1.54) is 6.08 Å². The number of aryl methyl sites for hydroxylation is 1. The molecule has 2 rings (SSSR count). The molecule has 24 heavy (non-hydrogen) atoms. The number of carbonyl (C=O) groups is 1. The van der Waals surface area contributed by atoms with E-state index < -0.39 is 0 Å². The van der Waals surface area contributed by atoms with E-state index in [9.17, 15) is 4.79 Å². The van der Waals surface area contributed by atoms with Crippen molar-refractivity contribution < 1.29 is 19.0 Å². The lowest BCUT2D eigenvalue weighted by Gasteiger charge is -2.09. The number of rotatable bonds is 7. The van der Waals surface area contributed by atoms with Gasteiger partial charge >= 0.3 is 0 Å². The molecule has 0 heterocycles. The Morgan fingerprint density at radius 1 is 1.00 bits per heavy atom. The molecule has 0 spiro atoms. The number of hydrogen-bond acceptors (Lipinski definition) is 4. The van der Waals surface area contributed by atoms with Crippen LogP contribution >= 0.6 is 0 Å². The molecular weight excluding hydrogens is 304 g/mol. The first-order chi connectivity index (χ1) is 11.6. The first kappa shape index (κ1) is 17.6. The maximum Gasteiger partial charge on any atom is 0.189 e. The third kappa shape index (κ3) is 4.16. The molecule has 4 heteroatoms. The lowest BCUT2D eigenvalue weighted by atomic mass is 10.1. The predicted molar refractivity (Wildman–Crippen MR) is 95.3 cm³/mol. The van der Waals surface area contributed by atoms with Crippen LogP contribution in [-0.2, 0) is 0 Å². The highest BCUT2D eigenvalue weighted by molar-refractivity contribution is 6.08. The fourth-order valence-corrected chi connectivity index (χ4v) is 2.33. The molecule has 0 aromatic heterocycles. The SMILES string of the molecule is CCOc1ccc(/C=C/C(=O)c2ccc(C)cc2OC)cc1OC. The zero-order valence-corrected chi connectivity index (χ0v) is 14.5. The summed E-state index contributed by atoms with van der Waals surface area (Å²) in [6.07, 6.45) is 3.28. The zero-order chi connectivity index (χ0) is 17.5. The van der Waals surface area contributed by atoms with Crippen LogP contribution < -0.4 is 14.2 Å². The maximum absolute atomic E-state index is 12.4. The van der Waals surface area contributed by atoms with Crippen molar-refractivity contribution in [3.63, 3.8) is 0 Å². The smallest absolute Gasteiger partial charge is 0.189 e. The number of ketones is 1. The van der Waals surface area contributed by atoms with Gasteiger partial charge in [-0.25, -0.2) is 0 Å². The van der Waals surface area contributed by atoms with Gasteiger partial charge in [-0.2, -0.15) is 0 Å². The molecule has 0 radical (unpaired) electrons. The van der Waals surface area contributed by atoms with Gasteiger partial charge in [0.25, 0.3) is 0 Å². The van der Waals surface area contributed by atoms with Crippen LogP contribution in [0.15, 0.2) is 42.5 Å². The zero-order valence-electron chi connectivity index (χ0n) is 14.5. The van der Waals surface area contributed by atoms with Gasteiger partial charge in [0, 0.05) is 0 Å². The van der Waals surface area contributed by atoms with Gasteiger partial charge in [-0.05, 0) is 55.3 Å². The second kappa shape index (κ2) is 8.20. The average Bonchev–Trinajstić information content (AvgIpc) is 2.60. The summed E-state index contributed by atoms with van der Waals surface area (Å²) in [5, 5.41) is 0. The minimum atomic E-state index is -0.111. The van der Waals surface area contributed by atoms with Gasteiger partial charge < -0.3 is 14.2 Å². The molecule has 0 saturated heterocycles. The molecule has 2 aromatic carbocycles. The molecule has 0 aliphatic carbocycles. The Morgan fingerprint density at radius 2 is 1.75 bits per heavy atom. The van der Waals surface area contributed by atoms with Gasteiger partial charge in [-0.15, -0.1) is 0 Å².